The minimum absolute atomic E-state index is 0.0450. The number of nitrogens with zero attached hydrogens (tertiary/aromatic N) is 3. The van der Waals surface area contributed by atoms with Gasteiger partial charge in [-0.2, -0.15) is 8.42 Å². The zero-order valence-corrected chi connectivity index (χ0v) is 12.2. The average molecular weight is 311 g/mol. The Balaban J connectivity index is 1.87. The maximum Gasteiger partial charge on any atom is 0.302 e. The van der Waals surface area contributed by atoms with Gasteiger partial charge in [0.25, 0.3) is 0 Å². The van der Waals surface area contributed by atoms with Crippen LogP contribution >= 0.6 is 0 Å². The van der Waals surface area contributed by atoms with Crippen LogP contribution in [0.4, 0.5) is 9.57 Å². The van der Waals surface area contributed by atoms with E-state index in [1.807, 2.05) is 17.7 Å². The van der Waals surface area contributed by atoms with Crippen LogP contribution in [-0.4, -0.2) is 36.2 Å². The molecule has 112 valence electrons. The van der Waals surface area contributed by atoms with Crippen molar-refractivity contribution in [3.8, 4) is 0 Å². The Bertz CT molecular complexity index is 815. The molecular weight excluding hydrogens is 297 g/mol. The summed E-state index contributed by atoms with van der Waals surface area (Å²) in [5.41, 5.74) is 2.35. The highest BCUT2D eigenvalue weighted by Gasteiger charge is 2.33. The van der Waals surface area contributed by atoms with Gasteiger partial charge in [0.05, 0.1) is 23.1 Å². The van der Waals surface area contributed by atoms with Crippen LogP contribution in [0, 0.1) is 5.92 Å². The van der Waals surface area contributed by atoms with Crippen molar-refractivity contribution in [2.24, 2.45) is 13.0 Å². The van der Waals surface area contributed by atoms with Gasteiger partial charge >= 0.3 is 10.2 Å². The second-order valence-corrected chi connectivity index (χ2v) is 6.72. The van der Waals surface area contributed by atoms with Crippen molar-refractivity contribution in [1.29, 1.82) is 0 Å². The first-order valence-electron chi connectivity index (χ1n) is 6.47. The number of amides is 1. The topological polar surface area (TPSA) is 72.3 Å². The third-order valence-electron chi connectivity index (χ3n) is 3.66. The van der Waals surface area contributed by atoms with Crippen molar-refractivity contribution in [2.75, 3.05) is 17.2 Å². The van der Waals surface area contributed by atoms with E-state index in [9.17, 15) is 17.1 Å². The van der Waals surface area contributed by atoms with Gasteiger partial charge in [0.15, 0.2) is 0 Å². The van der Waals surface area contributed by atoms with Crippen molar-refractivity contribution >= 4 is 32.9 Å². The zero-order valence-electron chi connectivity index (χ0n) is 11.4. The average Bonchev–Trinajstić information content (AvgIpc) is 2.91. The van der Waals surface area contributed by atoms with Crippen LogP contribution in [0.2, 0.25) is 0 Å². The molecule has 0 radical (unpaired) electrons. The molecule has 1 amide bonds. The fourth-order valence-electron chi connectivity index (χ4n) is 2.72. The van der Waals surface area contributed by atoms with E-state index in [4.69, 9.17) is 0 Å². The van der Waals surface area contributed by atoms with E-state index in [1.54, 1.807) is 18.5 Å². The van der Waals surface area contributed by atoms with E-state index < -0.39 is 21.9 Å². The third-order valence-corrected chi connectivity index (χ3v) is 4.53. The molecule has 1 aliphatic heterocycles. The van der Waals surface area contributed by atoms with Crippen molar-refractivity contribution in [3.63, 3.8) is 0 Å². The highest BCUT2D eigenvalue weighted by Crippen LogP contribution is 2.28. The molecule has 2 aromatic rings. The molecule has 21 heavy (non-hydrogen) atoms. The van der Waals surface area contributed by atoms with Gasteiger partial charge in [-0.05, 0) is 18.2 Å². The number of fused-ring (bicyclic) bond motifs is 1. The van der Waals surface area contributed by atoms with E-state index >= 15 is 0 Å². The lowest BCUT2D eigenvalue weighted by atomic mass is 10.1. The number of carbonyl (C=O) groups excluding carboxylic acids is 1. The standard InChI is InChI=1S/C13H14FN3O3S/c1-16-8-15-11-5-10(2-3-12(11)16)17-6-9(4-13(17)18)7-21(14,19)20/h2-3,5,8-9H,4,6-7H2,1H3. The minimum Gasteiger partial charge on any atom is -0.334 e. The van der Waals surface area contributed by atoms with Gasteiger partial charge in [-0.15, -0.1) is 3.89 Å². The Morgan fingerprint density at radius 3 is 2.90 bits per heavy atom. The number of imidazole rings is 1. The van der Waals surface area contributed by atoms with Gasteiger partial charge in [-0.1, -0.05) is 0 Å². The van der Waals surface area contributed by atoms with Crippen LogP contribution in [0.15, 0.2) is 24.5 Å². The summed E-state index contributed by atoms with van der Waals surface area (Å²) in [4.78, 5) is 17.7. The van der Waals surface area contributed by atoms with Gasteiger partial charge in [0.2, 0.25) is 5.91 Å². The fraction of sp³-hybridized carbons (Fsp3) is 0.385. The second kappa shape index (κ2) is 4.80. The number of aryl methyl sites for hydroxylation is 1. The van der Waals surface area contributed by atoms with E-state index in [0.29, 0.717) is 5.69 Å². The molecule has 0 N–H and O–H groups in total. The summed E-state index contributed by atoms with van der Waals surface area (Å²) in [5, 5.41) is 0. The van der Waals surface area contributed by atoms with Crippen molar-refractivity contribution < 1.29 is 17.1 Å². The Hall–Kier alpha value is -1.96. The second-order valence-electron chi connectivity index (χ2n) is 5.31. The fourth-order valence-corrected chi connectivity index (χ4v) is 3.50. The van der Waals surface area contributed by atoms with E-state index in [2.05, 4.69) is 4.98 Å². The predicted molar refractivity (Wildman–Crippen MR) is 76.1 cm³/mol. The highest BCUT2D eigenvalue weighted by atomic mass is 32.3. The zero-order chi connectivity index (χ0) is 15.2. The number of halogens is 1. The molecule has 1 aromatic heterocycles. The van der Waals surface area contributed by atoms with Crippen LogP contribution in [0.5, 0.6) is 0 Å². The normalized spacial score (nSPS) is 19.6. The van der Waals surface area contributed by atoms with E-state index in [0.717, 1.165) is 11.0 Å². The van der Waals surface area contributed by atoms with Crippen LogP contribution in [-0.2, 0) is 22.1 Å². The number of carbonyl (C=O) groups is 1. The first-order chi connectivity index (χ1) is 9.83. The molecule has 0 aliphatic carbocycles. The summed E-state index contributed by atoms with van der Waals surface area (Å²) in [6.45, 7) is 0.209. The summed E-state index contributed by atoms with van der Waals surface area (Å²) in [6.07, 6.45) is 1.72. The number of rotatable bonds is 3. The molecule has 1 aromatic carbocycles. The number of anilines is 1. The van der Waals surface area contributed by atoms with Gasteiger partial charge in [0.1, 0.15) is 0 Å². The van der Waals surface area contributed by atoms with Crippen LogP contribution in [0.25, 0.3) is 11.0 Å². The molecule has 1 saturated heterocycles. The highest BCUT2D eigenvalue weighted by molar-refractivity contribution is 7.86. The number of benzene rings is 1. The van der Waals surface area contributed by atoms with Gasteiger partial charge < -0.3 is 9.47 Å². The lowest BCUT2D eigenvalue weighted by molar-refractivity contribution is -0.117. The number of hydrogen-bond donors (Lipinski definition) is 0. The summed E-state index contributed by atoms with van der Waals surface area (Å²) >= 11 is 0. The molecular formula is C13H14FN3O3S. The maximum atomic E-state index is 12.7. The molecule has 3 rings (SSSR count). The molecule has 0 spiro atoms. The van der Waals surface area contributed by atoms with E-state index in [1.165, 1.54) is 4.90 Å². The molecule has 2 heterocycles. The third kappa shape index (κ3) is 2.76. The molecule has 0 bridgehead atoms. The Kier molecular flexibility index (Phi) is 3.20. The molecule has 1 aliphatic rings. The molecule has 1 unspecified atom stereocenters. The Morgan fingerprint density at radius 2 is 2.19 bits per heavy atom. The summed E-state index contributed by atoms with van der Waals surface area (Å²) in [6, 6.07) is 5.41. The van der Waals surface area contributed by atoms with Crippen LogP contribution in [0.3, 0.4) is 0 Å². The van der Waals surface area contributed by atoms with Gasteiger partial charge in [0, 0.05) is 31.6 Å². The van der Waals surface area contributed by atoms with Gasteiger partial charge in [-0.3, -0.25) is 4.79 Å². The summed E-state index contributed by atoms with van der Waals surface area (Å²) in [5.74, 6) is -1.31. The molecule has 0 saturated carbocycles. The maximum absolute atomic E-state index is 12.7. The lowest BCUT2D eigenvalue weighted by Gasteiger charge is -2.16. The van der Waals surface area contributed by atoms with Crippen molar-refractivity contribution in [1.82, 2.24) is 9.55 Å². The first kappa shape index (κ1) is 14.0. The van der Waals surface area contributed by atoms with Crippen molar-refractivity contribution in [3.05, 3.63) is 24.5 Å². The van der Waals surface area contributed by atoms with Gasteiger partial charge in [-0.25, -0.2) is 4.98 Å². The van der Waals surface area contributed by atoms with E-state index in [-0.39, 0.29) is 18.9 Å². The molecule has 1 atom stereocenters. The largest absolute Gasteiger partial charge is 0.334 e. The van der Waals surface area contributed by atoms with Crippen LogP contribution < -0.4 is 4.90 Å². The first-order valence-corrected chi connectivity index (χ1v) is 8.02. The van der Waals surface area contributed by atoms with Crippen LogP contribution in [0.1, 0.15) is 6.42 Å². The molecule has 8 heteroatoms. The summed E-state index contributed by atoms with van der Waals surface area (Å²) in [7, 11) is -2.69. The number of aromatic nitrogens is 2. The van der Waals surface area contributed by atoms with Crippen molar-refractivity contribution in [2.45, 2.75) is 6.42 Å². The Labute approximate surface area is 121 Å². The molecule has 1 fully saturated rings. The predicted octanol–water partition coefficient (Wildman–Crippen LogP) is 1.23. The minimum atomic E-state index is -4.56. The smallest absolute Gasteiger partial charge is 0.302 e. The number of hydrogen-bond acceptors (Lipinski definition) is 4. The quantitative estimate of drug-likeness (QED) is 0.799. The Morgan fingerprint density at radius 1 is 1.43 bits per heavy atom. The lowest BCUT2D eigenvalue weighted by Crippen LogP contribution is -2.25. The SMILES string of the molecule is Cn1cnc2cc(N3CC(CS(=O)(=O)F)CC3=O)ccc21. The molecule has 6 nitrogen and oxygen atoms in total. The monoisotopic (exact) mass is 311 g/mol. The summed E-state index contributed by atoms with van der Waals surface area (Å²) < 4.78 is 36.0.